The summed E-state index contributed by atoms with van der Waals surface area (Å²) in [5.74, 6) is 1.14. The largest absolute Gasteiger partial charge is 0.343 e. The molecule has 0 N–H and O–H groups in total. The highest BCUT2D eigenvalue weighted by Crippen LogP contribution is 2.52. The predicted molar refractivity (Wildman–Crippen MR) is 80.3 cm³/mol. The van der Waals surface area contributed by atoms with Crippen LogP contribution in [0.3, 0.4) is 0 Å². The molecule has 1 aliphatic carbocycles. The second-order valence-corrected chi connectivity index (χ2v) is 8.67. The highest BCUT2D eigenvalue weighted by atomic mass is 32.2. The Hall–Kier alpha value is -0.510. The van der Waals surface area contributed by atoms with E-state index in [0.29, 0.717) is 12.0 Å². The van der Waals surface area contributed by atoms with Gasteiger partial charge in [0.25, 0.3) is 5.91 Å². The van der Waals surface area contributed by atoms with Gasteiger partial charge in [0.15, 0.2) is 5.17 Å². The number of rotatable bonds is 1. The van der Waals surface area contributed by atoms with Gasteiger partial charge >= 0.3 is 0 Å². The Morgan fingerprint density at radius 1 is 1.32 bits per heavy atom. The lowest BCUT2D eigenvalue weighted by Crippen LogP contribution is -2.50. The van der Waals surface area contributed by atoms with Crippen LogP contribution in [0.25, 0.3) is 0 Å². The van der Waals surface area contributed by atoms with Crippen LogP contribution < -0.4 is 0 Å². The summed E-state index contributed by atoms with van der Waals surface area (Å²) in [4.78, 5) is 19.2. The molecular formula is C15H24N2OS. The van der Waals surface area contributed by atoms with E-state index >= 15 is 0 Å². The second-order valence-electron chi connectivity index (χ2n) is 7.25. The van der Waals surface area contributed by atoms with Crippen molar-refractivity contribution in [2.24, 2.45) is 16.8 Å². The van der Waals surface area contributed by atoms with Crippen LogP contribution in [0, 0.1) is 11.8 Å². The summed E-state index contributed by atoms with van der Waals surface area (Å²) in [6, 6.07) is 0.605. The molecule has 3 aliphatic rings. The SMILES string of the molecule is CC(C)C1(C)SC(N2C3CC[C@H](C3)C2(C)C)=NC1=O. The molecule has 2 unspecified atom stereocenters. The number of carbonyl (C=O) groups excluding carboxylic acids is 1. The van der Waals surface area contributed by atoms with Gasteiger partial charge in [-0.1, -0.05) is 25.6 Å². The fourth-order valence-electron chi connectivity index (χ4n) is 3.83. The minimum atomic E-state index is -0.368. The van der Waals surface area contributed by atoms with Crippen molar-refractivity contribution < 1.29 is 4.79 Å². The fraction of sp³-hybridized carbons (Fsp3) is 0.867. The zero-order valence-corrected chi connectivity index (χ0v) is 13.4. The lowest BCUT2D eigenvalue weighted by Gasteiger charge is -2.43. The average molecular weight is 280 g/mol. The van der Waals surface area contributed by atoms with Crippen molar-refractivity contribution in [3.8, 4) is 0 Å². The van der Waals surface area contributed by atoms with Crippen LogP contribution in [-0.2, 0) is 4.79 Å². The smallest absolute Gasteiger partial charge is 0.264 e. The monoisotopic (exact) mass is 280 g/mol. The topological polar surface area (TPSA) is 32.7 Å². The number of piperidine rings is 1. The van der Waals surface area contributed by atoms with Gasteiger partial charge in [0.05, 0.1) is 0 Å². The normalized spacial score (nSPS) is 40.4. The molecule has 3 nitrogen and oxygen atoms in total. The van der Waals surface area contributed by atoms with Crippen LogP contribution in [0.4, 0.5) is 0 Å². The Morgan fingerprint density at radius 2 is 2.00 bits per heavy atom. The first-order valence-corrected chi connectivity index (χ1v) is 8.20. The molecular weight excluding hydrogens is 256 g/mol. The quantitative estimate of drug-likeness (QED) is 0.739. The maximum absolute atomic E-state index is 12.3. The first-order valence-electron chi connectivity index (χ1n) is 7.38. The van der Waals surface area contributed by atoms with Crippen molar-refractivity contribution in [1.82, 2.24) is 4.90 Å². The molecule has 2 heterocycles. The maximum Gasteiger partial charge on any atom is 0.264 e. The highest BCUT2D eigenvalue weighted by Gasteiger charge is 2.55. The molecule has 0 spiro atoms. The second kappa shape index (κ2) is 4.00. The van der Waals surface area contributed by atoms with Gasteiger partial charge in [0, 0.05) is 11.6 Å². The number of hydrogen-bond donors (Lipinski definition) is 0. The van der Waals surface area contributed by atoms with E-state index in [1.54, 1.807) is 11.8 Å². The maximum atomic E-state index is 12.3. The fourth-order valence-corrected chi connectivity index (χ4v) is 5.18. The van der Waals surface area contributed by atoms with Crippen molar-refractivity contribution >= 4 is 22.8 Å². The number of hydrogen-bond acceptors (Lipinski definition) is 3. The number of thioether (sulfide) groups is 1. The number of aliphatic imine (C=N–C) groups is 1. The summed E-state index contributed by atoms with van der Waals surface area (Å²) in [6.07, 6.45) is 3.88. The van der Waals surface area contributed by atoms with Crippen molar-refractivity contribution in [3.63, 3.8) is 0 Å². The van der Waals surface area contributed by atoms with Gasteiger partial charge in [0.2, 0.25) is 0 Å². The van der Waals surface area contributed by atoms with E-state index < -0.39 is 0 Å². The van der Waals surface area contributed by atoms with Gasteiger partial charge in [0.1, 0.15) is 4.75 Å². The average Bonchev–Trinajstić information content (AvgIpc) is 2.92. The zero-order chi connectivity index (χ0) is 14.0. The molecule has 1 saturated carbocycles. The molecule has 0 aromatic rings. The molecule has 0 aromatic carbocycles. The number of amides is 1. The van der Waals surface area contributed by atoms with Gasteiger partial charge in [-0.05, 0) is 51.9 Å². The van der Waals surface area contributed by atoms with Gasteiger partial charge in [-0.15, -0.1) is 0 Å². The molecule has 3 rings (SSSR count). The molecule has 3 atom stereocenters. The minimum absolute atomic E-state index is 0.0565. The molecule has 19 heavy (non-hydrogen) atoms. The number of fused-ring (bicyclic) bond motifs is 2. The van der Waals surface area contributed by atoms with E-state index in [1.165, 1.54) is 19.3 Å². The van der Waals surface area contributed by atoms with Crippen LogP contribution in [0.5, 0.6) is 0 Å². The molecule has 2 aliphatic heterocycles. The third-order valence-electron chi connectivity index (χ3n) is 5.62. The number of carbonyl (C=O) groups is 1. The lowest BCUT2D eigenvalue weighted by molar-refractivity contribution is -0.120. The molecule has 1 amide bonds. The van der Waals surface area contributed by atoms with Crippen LogP contribution >= 0.6 is 11.8 Å². The summed E-state index contributed by atoms with van der Waals surface area (Å²) >= 11 is 1.69. The van der Waals surface area contributed by atoms with E-state index in [9.17, 15) is 4.79 Å². The summed E-state index contributed by atoms with van der Waals surface area (Å²) < 4.78 is -0.368. The summed E-state index contributed by atoms with van der Waals surface area (Å²) in [5.41, 5.74) is 0.164. The van der Waals surface area contributed by atoms with Crippen LogP contribution in [-0.4, -0.2) is 32.3 Å². The number of nitrogens with zero attached hydrogens (tertiary/aromatic N) is 2. The van der Waals surface area contributed by atoms with Gasteiger partial charge < -0.3 is 4.90 Å². The van der Waals surface area contributed by atoms with Crippen LogP contribution in [0.2, 0.25) is 0 Å². The van der Waals surface area contributed by atoms with Crippen molar-refractivity contribution in [2.75, 3.05) is 0 Å². The van der Waals surface area contributed by atoms with E-state index in [2.05, 4.69) is 37.6 Å². The standard InChI is InChI=1S/C15H24N2OS/c1-9(2)15(5)12(18)16-13(19-15)17-11-7-6-10(8-11)14(17,3)4/h9-11H,6-8H2,1-5H3/t10-,11?,15?/m1/s1. The van der Waals surface area contributed by atoms with Gasteiger partial charge in [-0.2, -0.15) is 4.99 Å². The molecule has 2 fully saturated rings. The summed E-state index contributed by atoms with van der Waals surface area (Å²) in [7, 11) is 0. The first kappa shape index (κ1) is 13.5. The minimum Gasteiger partial charge on any atom is -0.343 e. The number of amidine groups is 1. The highest BCUT2D eigenvalue weighted by molar-refractivity contribution is 8.16. The van der Waals surface area contributed by atoms with Crippen molar-refractivity contribution in [2.45, 2.75) is 70.2 Å². The van der Waals surface area contributed by atoms with Gasteiger partial charge in [-0.3, -0.25) is 4.79 Å². The zero-order valence-electron chi connectivity index (χ0n) is 12.6. The van der Waals surface area contributed by atoms with E-state index in [0.717, 1.165) is 11.1 Å². The third-order valence-corrected chi connectivity index (χ3v) is 7.16. The Morgan fingerprint density at radius 3 is 2.47 bits per heavy atom. The van der Waals surface area contributed by atoms with E-state index in [4.69, 9.17) is 0 Å². The molecule has 1 saturated heterocycles. The van der Waals surface area contributed by atoms with Crippen LogP contribution in [0.15, 0.2) is 4.99 Å². The predicted octanol–water partition coefficient (Wildman–Crippen LogP) is 3.29. The van der Waals surface area contributed by atoms with E-state index in [1.807, 2.05) is 6.92 Å². The van der Waals surface area contributed by atoms with Crippen molar-refractivity contribution in [3.05, 3.63) is 0 Å². The van der Waals surface area contributed by atoms with E-state index in [-0.39, 0.29) is 16.2 Å². The van der Waals surface area contributed by atoms with Gasteiger partial charge in [-0.25, -0.2) is 0 Å². The Bertz CT molecular complexity index is 457. The molecule has 0 aromatic heterocycles. The van der Waals surface area contributed by atoms with Crippen molar-refractivity contribution in [1.29, 1.82) is 0 Å². The molecule has 106 valence electrons. The molecule has 4 heteroatoms. The molecule has 0 radical (unpaired) electrons. The lowest BCUT2D eigenvalue weighted by atomic mass is 9.87. The number of likely N-dealkylation sites (tertiary alicyclic amines) is 1. The Labute approximate surface area is 120 Å². The Balaban J connectivity index is 1.89. The first-order chi connectivity index (χ1) is 8.76. The van der Waals surface area contributed by atoms with Crippen LogP contribution in [0.1, 0.15) is 53.9 Å². The summed E-state index contributed by atoms with van der Waals surface area (Å²) in [6.45, 7) is 10.9. The molecule has 2 bridgehead atoms. The third kappa shape index (κ3) is 1.71. The summed E-state index contributed by atoms with van der Waals surface area (Å²) in [5, 5.41) is 0.985. The Kier molecular flexibility index (Phi) is 2.83.